The van der Waals surface area contributed by atoms with Crippen LogP contribution in [0.2, 0.25) is 0 Å². The van der Waals surface area contributed by atoms with Gasteiger partial charge in [-0.3, -0.25) is 0 Å². The summed E-state index contributed by atoms with van der Waals surface area (Å²) in [6.45, 7) is -0.141. The largest absolute Gasteiger partial charge is 0.438 e. The van der Waals surface area contributed by atoms with Gasteiger partial charge in [0, 0.05) is 6.20 Å². The van der Waals surface area contributed by atoms with Crippen LogP contribution in [0.4, 0.5) is 13.2 Å². The number of hydrogen-bond acceptors (Lipinski definition) is 3. The average Bonchev–Trinajstić information content (AvgIpc) is 2.39. The van der Waals surface area contributed by atoms with Crippen molar-refractivity contribution in [2.45, 2.75) is 12.8 Å². The van der Waals surface area contributed by atoms with E-state index in [4.69, 9.17) is 9.84 Å². The fraction of sp³-hybridized carbons (Fsp3) is 0.154. The molecule has 0 bridgehead atoms. The number of rotatable bonds is 3. The fourth-order valence-corrected chi connectivity index (χ4v) is 1.46. The van der Waals surface area contributed by atoms with Crippen molar-refractivity contribution in [3.63, 3.8) is 0 Å². The van der Waals surface area contributed by atoms with Gasteiger partial charge in [-0.15, -0.1) is 0 Å². The second kappa shape index (κ2) is 5.27. The van der Waals surface area contributed by atoms with Crippen LogP contribution in [0.1, 0.15) is 11.1 Å². The smallest absolute Gasteiger partial charge is 0.421 e. The summed E-state index contributed by atoms with van der Waals surface area (Å²) in [4.78, 5) is 3.59. The molecule has 0 unspecified atom stereocenters. The van der Waals surface area contributed by atoms with E-state index in [0.717, 1.165) is 6.07 Å². The number of halogens is 3. The van der Waals surface area contributed by atoms with Gasteiger partial charge in [-0.1, -0.05) is 12.1 Å². The number of aliphatic hydroxyl groups is 1. The highest BCUT2D eigenvalue weighted by Gasteiger charge is 2.35. The van der Waals surface area contributed by atoms with Crippen molar-refractivity contribution in [2.75, 3.05) is 0 Å². The number of aliphatic hydroxyl groups excluding tert-OH is 1. The first-order valence-electron chi connectivity index (χ1n) is 5.40. The Bertz CT molecular complexity index is 553. The third-order valence-electron chi connectivity index (χ3n) is 2.40. The van der Waals surface area contributed by atoms with E-state index in [9.17, 15) is 13.2 Å². The summed E-state index contributed by atoms with van der Waals surface area (Å²) >= 11 is 0. The monoisotopic (exact) mass is 269 g/mol. The Kier molecular flexibility index (Phi) is 3.71. The molecule has 100 valence electrons. The molecule has 0 aliphatic rings. The van der Waals surface area contributed by atoms with E-state index in [2.05, 4.69) is 4.98 Å². The maximum atomic E-state index is 12.7. The van der Waals surface area contributed by atoms with Crippen molar-refractivity contribution >= 4 is 0 Å². The van der Waals surface area contributed by atoms with Gasteiger partial charge in [-0.25, -0.2) is 4.98 Å². The molecule has 0 aliphatic carbocycles. The molecule has 1 aromatic carbocycles. The highest BCUT2D eigenvalue weighted by atomic mass is 19.4. The first-order valence-corrected chi connectivity index (χ1v) is 5.40. The standard InChI is InChI=1S/C13H10F3NO2/c14-13(15,16)11-2-1-7-17-12(11)19-10-5-3-9(8-18)4-6-10/h1-7,18H,8H2. The molecule has 19 heavy (non-hydrogen) atoms. The Hall–Kier alpha value is -2.08. The Morgan fingerprint density at radius 3 is 2.37 bits per heavy atom. The molecule has 6 heteroatoms. The number of benzene rings is 1. The minimum absolute atomic E-state index is 0.141. The number of nitrogens with zero attached hydrogens (tertiary/aromatic N) is 1. The third kappa shape index (κ3) is 3.23. The Balaban J connectivity index is 2.28. The predicted molar refractivity (Wildman–Crippen MR) is 61.7 cm³/mol. The van der Waals surface area contributed by atoms with Crippen molar-refractivity contribution in [3.05, 3.63) is 53.7 Å². The maximum absolute atomic E-state index is 12.7. The van der Waals surface area contributed by atoms with E-state index in [0.29, 0.717) is 5.56 Å². The number of hydrogen-bond donors (Lipinski definition) is 1. The zero-order valence-electron chi connectivity index (χ0n) is 9.69. The van der Waals surface area contributed by atoms with Crippen molar-refractivity contribution in [1.82, 2.24) is 4.98 Å². The van der Waals surface area contributed by atoms with Gasteiger partial charge in [0.15, 0.2) is 0 Å². The first-order chi connectivity index (χ1) is 9.00. The molecule has 0 spiro atoms. The summed E-state index contributed by atoms with van der Waals surface area (Å²) in [5, 5.41) is 8.87. The van der Waals surface area contributed by atoms with Gasteiger partial charge >= 0.3 is 6.18 Å². The predicted octanol–water partition coefficient (Wildman–Crippen LogP) is 3.39. The van der Waals surface area contributed by atoms with E-state index in [1.54, 1.807) is 12.1 Å². The van der Waals surface area contributed by atoms with Crippen LogP contribution in [0.3, 0.4) is 0 Å². The van der Waals surface area contributed by atoms with Crippen molar-refractivity contribution in [1.29, 1.82) is 0 Å². The van der Waals surface area contributed by atoms with Crippen molar-refractivity contribution in [3.8, 4) is 11.6 Å². The zero-order chi connectivity index (χ0) is 13.9. The van der Waals surface area contributed by atoms with E-state index in [-0.39, 0.29) is 12.4 Å². The topological polar surface area (TPSA) is 42.4 Å². The van der Waals surface area contributed by atoms with Crippen LogP contribution in [0.25, 0.3) is 0 Å². The molecule has 2 rings (SSSR count). The molecule has 3 nitrogen and oxygen atoms in total. The minimum Gasteiger partial charge on any atom is -0.438 e. The molecule has 0 atom stereocenters. The van der Waals surface area contributed by atoms with Gasteiger partial charge < -0.3 is 9.84 Å². The Morgan fingerprint density at radius 2 is 1.79 bits per heavy atom. The fourth-order valence-electron chi connectivity index (χ4n) is 1.46. The lowest BCUT2D eigenvalue weighted by molar-refractivity contribution is -0.138. The zero-order valence-corrected chi connectivity index (χ0v) is 9.69. The lowest BCUT2D eigenvalue weighted by Crippen LogP contribution is -2.08. The van der Waals surface area contributed by atoms with Crippen LogP contribution in [-0.2, 0) is 12.8 Å². The third-order valence-corrected chi connectivity index (χ3v) is 2.40. The second-order valence-corrected chi connectivity index (χ2v) is 3.76. The molecule has 1 aromatic heterocycles. The van der Waals surface area contributed by atoms with Crippen LogP contribution < -0.4 is 4.74 Å². The minimum atomic E-state index is -4.52. The van der Waals surface area contributed by atoms with Gasteiger partial charge in [-0.2, -0.15) is 13.2 Å². The van der Waals surface area contributed by atoms with Crippen LogP contribution in [-0.4, -0.2) is 10.1 Å². The quantitative estimate of drug-likeness (QED) is 0.928. The van der Waals surface area contributed by atoms with Gasteiger partial charge in [-0.05, 0) is 29.8 Å². The highest BCUT2D eigenvalue weighted by Crippen LogP contribution is 2.36. The van der Waals surface area contributed by atoms with Gasteiger partial charge in [0.25, 0.3) is 0 Å². The van der Waals surface area contributed by atoms with Crippen LogP contribution in [0, 0.1) is 0 Å². The molecule has 0 amide bonds. The molecular formula is C13H10F3NO2. The Morgan fingerprint density at radius 1 is 1.11 bits per heavy atom. The van der Waals surface area contributed by atoms with E-state index in [1.807, 2.05) is 0 Å². The summed E-state index contributed by atoms with van der Waals surface area (Å²) in [7, 11) is 0. The van der Waals surface area contributed by atoms with Gasteiger partial charge in [0.05, 0.1) is 6.61 Å². The number of alkyl halides is 3. The van der Waals surface area contributed by atoms with E-state index < -0.39 is 17.6 Å². The summed E-state index contributed by atoms with van der Waals surface area (Å²) < 4.78 is 43.3. The lowest BCUT2D eigenvalue weighted by Gasteiger charge is -2.12. The molecule has 0 saturated carbocycles. The molecule has 0 aliphatic heterocycles. The van der Waals surface area contributed by atoms with Crippen LogP contribution in [0.15, 0.2) is 42.6 Å². The van der Waals surface area contributed by atoms with Crippen LogP contribution >= 0.6 is 0 Å². The van der Waals surface area contributed by atoms with Gasteiger partial charge in [0.2, 0.25) is 5.88 Å². The molecule has 2 aromatic rings. The molecule has 1 N–H and O–H groups in total. The average molecular weight is 269 g/mol. The summed E-state index contributed by atoms with van der Waals surface area (Å²) in [5.41, 5.74) is -0.286. The molecule has 0 saturated heterocycles. The first kappa shape index (κ1) is 13.4. The molecular weight excluding hydrogens is 259 g/mol. The second-order valence-electron chi connectivity index (χ2n) is 3.76. The number of ether oxygens (including phenoxy) is 1. The number of aromatic nitrogens is 1. The Labute approximate surface area is 107 Å². The molecule has 1 heterocycles. The SMILES string of the molecule is OCc1ccc(Oc2ncccc2C(F)(F)F)cc1. The van der Waals surface area contributed by atoms with Crippen LogP contribution in [0.5, 0.6) is 11.6 Å². The van der Waals surface area contributed by atoms with Crippen molar-refractivity contribution in [2.24, 2.45) is 0 Å². The highest BCUT2D eigenvalue weighted by molar-refractivity contribution is 5.35. The van der Waals surface area contributed by atoms with E-state index in [1.165, 1.54) is 24.4 Å². The summed E-state index contributed by atoms with van der Waals surface area (Å²) in [6.07, 6.45) is -3.29. The van der Waals surface area contributed by atoms with Crippen molar-refractivity contribution < 1.29 is 23.0 Å². The molecule has 0 fully saturated rings. The summed E-state index contributed by atoms with van der Waals surface area (Å²) in [6, 6.07) is 8.17. The van der Waals surface area contributed by atoms with Gasteiger partial charge in [0.1, 0.15) is 11.3 Å². The lowest BCUT2D eigenvalue weighted by atomic mass is 10.2. The summed E-state index contributed by atoms with van der Waals surface area (Å²) in [5.74, 6) is -0.270. The maximum Gasteiger partial charge on any atom is 0.421 e. The number of pyridine rings is 1. The van der Waals surface area contributed by atoms with E-state index >= 15 is 0 Å². The molecule has 0 radical (unpaired) electrons. The normalized spacial score (nSPS) is 11.4.